The Morgan fingerprint density at radius 1 is 1.14 bits per heavy atom. The molecule has 0 aliphatic heterocycles. The zero-order valence-corrected chi connectivity index (χ0v) is 18.2. The van der Waals surface area contributed by atoms with Gasteiger partial charge in [-0.25, -0.2) is 0 Å². The van der Waals surface area contributed by atoms with E-state index in [9.17, 15) is 0 Å². The van der Waals surface area contributed by atoms with Crippen molar-refractivity contribution in [1.29, 1.82) is 0 Å². The van der Waals surface area contributed by atoms with Gasteiger partial charge in [-0.2, -0.15) is 5.10 Å². The molecule has 0 aliphatic rings. The standard InChI is InChI=1S/C22H35N5O2/c1-5-23-22(24-12-6-14-27-19(3)16-18(2)26-27)25-13-7-15-29-17-20-8-10-21(28-4)11-9-20/h8-11,16H,5-7,12-15,17H2,1-4H3,(H2,23,24,25). The molecule has 0 aliphatic carbocycles. The number of hydrogen-bond acceptors (Lipinski definition) is 4. The summed E-state index contributed by atoms with van der Waals surface area (Å²) in [6, 6.07) is 10.1. The molecule has 0 saturated carbocycles. The SMILES string of the molecule is CCNC(=NCCCn1nc(C)cc1C)NCCCOCc1ccc(OC)cc1. The van der Waals surface area contributed by atoms with Crippen molar-refractivity contribution in [3.8, 4) is 5.75 Å². The van der Waals surface area contributed by atoms with Gasteiger partial charge in [-0.05, 0) is 57.4 Å². The van der Waals surface area contributed by atoms with Gasteiger partial charge in [0, 0.05) is 38.5 Å². The molecule has 0 saturated heterocycles. The molecule has 1 aromatic carbocycles. The Kier molecular flexibility index (Phi) is 10.1. The van der Waals surface area contributed by atoms with Crippen LogP contribution in [0, 0.1) is 13.8 Å². The quantitative estimate of drug-likeness (QED) is 0.325. The predicted molar refractivity (Wildman–Crippen MR) is 118 cm³/mol. The zero-order chi connectivity index (χ0) is 20.9. The Labute approximate surface area is 174 Å². The Hall–Kier alpha value is -2.54. The normalized spacial score (nSPS) is 11.5. The Morgan fingerprint density at radius 2 is 1.93 bits per heavy atom. The number of hydrogen-bond donors (Lipinski definition) is 2. The number of aliphatic imine (C=N–C) groups is 1. The van der Waals surface area contributed by atoms with Crippen LogP contribution in [0.4, 0.5) is 0 Å². The topological polar surface area (TPSA) is 72.7 Å². The van der Waals surface area contributed by atoms with Gasteiger partial charge in [-0.1, -0.05) is 12.1 Å². The highest BCUT2D eigenvalue weighted by Crippen LogP contribution is 2.11. The van der Waals surface area contributed by atoms with Gasteiger partial charge in [0.25, 0.3) is 0 Å². The zero-order valence-electron chi connectivity index (χ0n) is 18.2. The summed E-state index contributed by atoms with van der Waals surface area (Å²) in [5.41, 5.74) is 3.41. The molecular weight excluding hydrogens is 366 g/mol. The van der Waals surface area contributed by atoms with Crippen LogP contribution in [0.25, 0.3) is 0 Å². The monoisotopic (exact) mass is 401 g/mol. The van der Waals surface area contributed by atoms with Crippen LogP contribution < -0.4 is 15.4 Å². The summed E-state index contributed by atoms with van der Waals surface area (Å²) in [7, 11) is 1.67. The molecule has 0 unspecified atom stereocenters. The molecule has 7 heteroatoms. The fourth-order valence-electron chi connectivity index (χ4n) is 2.95. The highest BCUT2D eigenvalue weighted by atomic mass is 16.5. The van der Waals surface area contributed by atoms with E-state index in [1.807, 2.05) is 35.9 Å². The van der Waals surface area contributed by atoms with E-state index in [0.29, 0.717) is 13.2 Å². The van der Waals surface area contributed by atoms with E-state index in [1.54, 1.807) is 7.11 Å². The maximum atomic E-state index is 5.74. The molecule has 0 atom stereocenters. The van der Waals surface area contributed by atoms with Crippen LogP contribution >= 0.6 is 0 Å². The minimum absolute atomic E-state index is 0.616. The second-order valence-electron chi connectivity index (χ2n) is 6.95. The third-order valence-corrected chi connectivity index (χ3v) is 4.43. The van der Waals surface area contributed by atoms with Gasteiger partial charge in [0.05, 0.1) is 19.4 Å². The first-order chi connectivity index (χ1) is 14.1. The summed E-state index contributed by atoms with van der Waals surface area (Å²) >= 11 is 0. The van der Waals surface area contributed by atoms with Crippen molar-refractivity contribution in [2.45, 2.75) is 46.8 Å². The Balaban J connectivity index is 1.60. The maximum absolute atomic E-state index is 5.74. The number of nitrogens with zero attached hydrogens (tertiary/aromatic N) is 3. The Bertz CT molecular complexity index is 740. The van der Waals surface area contributed by atoms with E-state index in [2.05, 4.69) is 40.6 Å². The van der Waals surface area contributed by atoms with Crippen LogP contribution in [0.3, 0.4) is 0 Å². The van der Waals surface area contributed by atoms with Crippen LogP contribution in [-0.2, 0) is 17.9 Å². The predicted octanol–water partition coefficient (Wildman–Crippen LogP) is 3.06. The van der Waals surface area contributed by atoms with Crippen molar-refractivity contribution in [2.24, 2.45) is 4.99 Å². The van der Waals surface area contributed by atoms with E-state index >= 15 is 0 Å². The average Bonchev–Trinajstić information content (AvgIpc) is 3.05. The number of nitrogens with one attached hydrogen (secondary N) is 2. The second kappa shape index (κ2) is 12.8. The van der Waals surface area contributed by atoms with Crippen molar-refractivity contribution in [1.82, 2.24) is 20.4 Å². The number of benzene rings is 1. The fourth-order valence-corrected chi connectivity index (χ4v) is 2.95. The maximum Gasteiger partial charge on any atom is 0.191 e. The summed E-state index contributed by atoms with van der Waals surface area (Å²) in [5, 5.41) is 11.1. The first kappa shape index (κ1) is 22.7. The molecule has 7 nitrogen and oxygen atoms in total. The summed E-state index contributed by atoms with van der Waals surface area (Å²) < 4.78 is 13.0. The third-order valence-electron chi connectivity index (χ3n) is 4.43. The molecule has 0 amide bonds. The smallest absolute Gasteiger partial charge is 0.191 e. The van der Waals surface area contributed by atoms with Crippen molar-refractivity contribution in [2.75, 3.05) is 33.4 Å². The Morgan fingerprint density at radius 3 is 2.59 bits per heavy atom. The minimum atomic E-state index is 0.616. The number of aromatic nitrogens is 2. The van der Waals surface area contributed by atoms with Crippen molar-refractivity contribution in [3.63, 3.8) is 0 Å². The number of ether oxygens (including phenoxy) is 2. The molecule has 1 heterocycles. The second-order valence-corrected chi connectivity index (χ2v) is 6.95. The van der Waals surface area contributed by atoms with Crippen LogP contribution in [0.5, 0.6) is 5.75 Å². The summed E-state index contributed by atoms with van der Waals surface area (Å²) in [6.45, 7) is 10.8. The van der Waals surface area contributed by atoms with Gasteiger partial charge in [0.2, 0.25) is 0 Å². The van der Waals surface area contributed by atoms with Crippen molar-refractivity contribution >= 4 is 5.96 Å². The molecule has 2 N–H and O–H groups in total. The molecule has 29 heavy (non-hydrogen) atoms. The molecule has 0 bridgehead atoms. The van der Waals surface area contributed by atoms with Gasteiger partial charge >= 0.3 is 0 Å². The largest absolute Gasteiger partial charge is 0.497 e. The lowest BCUT2D eigenvalue weighted by Gasteiger charge is -2.11. The van der Waals surface area contributed by atoms with Gasteiger partial charge < -0.3 is 20.1 Å². The van der Waals surface area contributed by atoms with Gasteiger partial charge in [-0.3, -0.25) is 9.67 Å². The first-order valence-electron chi connectivity index (χ1n) is 10.4. The van der Waals surface area contributed by atoms with Crippen LogP contribution in [0.2, 0.25) is 0 Å². The van der Waals surface area contributed by atoms with E-state index in [4.69, 9.17) is 9.47 Å². The number of methoxy groups -OCH3 is 1. The highest BCUT2D eigenvalue weighted by Gasteiger charge is 2.01. The van der Waals surface area contributed by atoms with Gasteiger partial charge in [0.15, 0.2) is 5.96 Å². The van der Waals surface area contributed by atoms with E-state index in [-0.39, 0.29) is 0 Å². The van der Waals surface area contributed by atoms with Crippen LogP contribution in [-0.4, -0.2) is 49.1 Å². The summed E-state index contributed by atoms with van der Waals surface area (Å²) in [5.74, 6) is 1.72. The number of guanidine groups is 1. The molecular formula is C22H35N5O2. The van der Waals surface area contributed by atoms with E-state index < -0.39 is 0 Å². The van der Waals surface area contributed by atoms with Crippen LogP contribution in [0.1, 0.15) is 36.7 Å². The average molecular weight is 402 g/mol. The lowest BCUT2D eigenvalue weighted by Crippen LogP contribution is -2.38. The molecule has 2 rings (SSSR count). The third kappa shape index (κ3) is 8.56. The van der Waals surface area contributed by atoms with Crippen molar-refractivity contribution < 1.29 is 9.47 Å². The molecule has 160 valence electrons. The van der Waals surface area contributed by atoms with E-state index in [1.165, 1.54) is 5.69 Å². The summed E-state index contributed by atoms with van der Waals surface area (Å²) in [6.07, 6.45) is 1.88. The number of rotatable bonds is 12. The van der Waals surface area contributed by atoms with Gasteiger partial charge in [0.1, 0.15) is 5.75 Å². The summed E-state index contributed by atoms with van der Waals surface area (Å²) in [4.78, 5) is 4.65. The lowest BCUT2D eigenvalue weighted by molar-refractivity contribution is 0.119. The number of aryl methyl sites for hydroxylation is 3. The highest BCUT2D eigenvalue weighted by molar-refractivity contribution is 5.79. The van der Waals surface area contributed by atoms with Gasteiger partial charge in [-0.15, -0.1) is 0 Å². The first-order valence-corrected chi connectivity index (χ1v) is 10.4. The minimum Gasteiger partial charge on any atom is -0.497 e. The van der Waals surface area contributed by atoms with Crippen molar-refractivity contribution in [3.05, 3.63) is 47.3 Å². The molecule has 0 fully saturated rings. The van der Waals surface area contributed by atoms with Crippen LogP contribution in [0.15, 0.2) is 35.3 Å². The lowest BCUT2D eigenvalue weighted by atomic mass is 10.2. The molecule has 0 spiro atoms. The fraction of sp³-hybridized carbons (Fsp3) is 0.545. The molecule has 2 aromatic rings. The van der Waals surface area contributed by atoms with E-state index in [0.717, 1.165) is 62.0 Å². The molecule has 0 radical (unpaired) electrons. The molecule has 1 aromatic heterocycles.